The van der Waals surface area contributed by atoms with E-state index in [0.717, 1.165) is 19.4 Å². The molecule has 70 valence electrons. The second kappa shape index (κ2) is 3.88. The molecule has 2 heterocycles. The lowest BCUT2D eigenvalue weighted by Gasteiger charge is -2.27. The van der Waals surface area contributed by atoms with Crippen LogP contribution in [-0.4, -0.2) is 17.7 Å². The summed E-state index contributed by atoms with van der Waals surface area (Å²) in [7, 11) is 0. The maximum absolute atomic E-state index is 5.51. The first-order valence-corrected chi connectivity index (χ1v) is 4.88. The lowest BCUT2D eigenvalue weighted by molar-refractivity contribution is 0.0186. The second-order valence-electron chi connectivity index (χ2n) is 3.68. The molecule has 0 aliphatic carbocycles. The molecule has 1 saturated heterocycles. The Labute approximate surface area is 78.9 Å². The zero-order valence-corrected chi connectivity index (χ0v) is 7.94. The van der Waals surface area contributed by atoms with E-state index in [4.69, 9.17) is 4.74 Å². The van der Waals surface area contributed by atoms with Gasteiger partial charge >= 0.3 is 0 Å². The molecule has 0 saturated carbocycles. The molecule has 0 amide bonds. The van der Waals surface area contributed by atoms with E-state index in [9.17, 15) is 0 Å². The van der Waals surface area contributed by atoms with Crippen LogP contribution in [0.2, 0.25) is 0 Å². The normalized spacial score (nSPS) is 28.7. The second-order valence-corrected chi connectivity index (χ2v) is 3.68. The van der Waals surface area contributed by atoms with Crippen molar-refractivity contribution in [3.05, 3.63) is 30.1 Å². The molecule has 0 unspecified atom stereocenters. The number of ether oxygens (including phenoxy) is 1. The fraction of sp³-hybridized carbons (Fsp3) is 0.545. The molecule has 0 radical (unpaired) electrons. The summed E-state index contributed by atoms with van der Waals surface area (Å²) in [6.45, 7) is 3.04. The third kappa shape index (κ3) is 2.07. The molecule has 1 aliphatic heterocycles. The topological polar surface area (TPSA) is 22.1 Å². The van der Waals surface area contributed by atoms with Gasteiger partial charge in [-0.25, -0.2) is 0 Å². The van der Waals surface area contributed by atoms with E-state index < -0.39 is 0 Å². The molecular formula is C11H15NO. The Hall–Kier alpha value is -0.890. The minimum Gasteiger partial charge on any atom is -0.378 e. The van der Waals surface area contributed by atoms with E-state index in [1.54, 1.807) is 0 Å². The highest BCUT2D eigenvalue weighted by Crippen LogP contribution is 2.29. The third-order valence-electron chi connectivity index (χ3n) is 2.66. The molecule has 1 fully saturated rings. The monoisotopic (exact) mass is 177 g/mol. The molecule has 0 aromatic carbocycles. The summed E-state index contributed by atoms with van der Waals surface area (Å²) in [6, 6.07) is 4.23. The largest absolute Gasteiger partial charge is 0.378 e. The highest BCUT2D eigenvalue weighted by Gasteiger charge is 2.20. The number of nitrogens with zero attached hydrogens (tertiary/aromatic N) is 1. The van der Waals surface area contributed by atoms with Crippen LogP contribution in [0.25, 0.3) is 0 Å². The van der Waals surface area contributed by atoms with E-state index in [-0.39, 0.29) is 0 Å². The van der Waals surface area contributed by atoms with Crippen molar-refractivity contribution in [2.24, 2.45) is 0 Å². The first-order valence-electron chi connectivity index (χ1n) is 4.88. The first-order chi connectivity index (χ1) is 6.36. The van der Waals surface area contributed by atoms with Crippen molar-refractivity contribution >= 4 is 0 Å². The van der Waals surface area contributed by atoms with Crippen molar-refractivity contribution in [1.29, 1.82) is 0 Å². The quantitative estimate of drug-likeness (QED) is 0.657. The zero-order valence-electron chi connectivity index (χ0n) is 7.94. The molecule has 13 heavy (non-hydrogen) atoms. The summed E-state index contributed by atoms with van der Waals surface area (Å²) in [5, 5.41) is 0. The van der Waals surface area contributed by atoms with Crippen LogP contribution in [0.1, 0.15) is 31.2 Å². The number of pyridine rings is 1. The van der Waals surface area contributed by atoms with E-state index in [2.05, 4.69) is 24.0 Å². The summed E-state index contributed by atoms with van der Waals surface area (Å²) in [6.07, 6.45) is 6.44. The van der Waals surface area contributed by atoms with E-state index in [0.29, 0.717) is 12.0 Å². The van der Waals surface area contributed by atoms with Crippen molar-refractivity contribution in [1.82, 2.24) is 4.98 Å². The van der Waals surface area contributed by atoms with Gasteiger partial charge in [-0.2, -0.15) is 0 Å². The Morgan fingerprint density at radius 1 is 1.38 bits per heavy atom. The van der Waals surface area contributed by atoms with Crippen molar-refractivity contribution in [2.45, 2.75) is 31.8 Å². The predicted octanol–water partition coefficient (Wildman–Crippen LogP) is 2.36. The average Bonchev–Trinajstić information content (AvgIpc) is 2.19. The molecule has 0 bridgehead atoms. The van der Waals surface area contributed by atoms with Crippen LogP contribution in [0.15, 0.2) is 24.5 Å². The van der Waals surface area contributed by atoms with Gasteiger partial charge in [-0.1, -0.05) is 0 Å². The van der Waals surface area contributed by atoms with Gasteiger partial charge < -0.3 is 4.74 Å². The molecule has 2 atom stereocenters. The summed E-state index contributed by atoms with van der Waals surface area (Å²) in [4.78, 5) is 4.03. The molecular weight excluding hydrogens is 162 g/mol. The van der Waals surface area contributed by atoms with Crippen LogP contribution in [0, 0.1) is 0 Å². The van der Waals surface area contributed by atoms with Crippen LogP contribution in [0.3, 0.4) is 0 Å². The van der Waals surface area contributed by atoms with Gasteiger partial charge in [-0.15, -0.1) is 0 Å². The van der Waals surface area contributed by atoms with Crippen molar-refractivity contribution < 1.29 is 4.74 Å². The molecule has 1 aliphatic rings. The van der Waals surface area contributed by atoms with E-state index in [1.165, 1.54) is 5.56 Å². The summed E-state index contributed by atoms with van der Waals surface area (Å²) in [5.74, 6) is 0.673. The maximum Gasteiger partial charge on any atom is 0.0552 e. The fourth-order valence-electron chi connectivity index (χ4n) is 1.94. The van der Waals surface area contributed by atoms with Gasteiger partial charge in [-0.05, 0) is 43.4 Å². The average molecular weight is 177 g/mol. The SMILES string of the molecule is C[C@H]1C[C@@H](c2ccncc2)CCO1. The zero-order chi connectivity index (χ0) is 9.10. The Bertz CT molecular complexity index is 260. The molecule has 2 rings (SSSR count). The fourth-order valence-corrected chi connectivity index (χ4v) is 1.94. The first kappa shape index (κ1) is 8.70. The maximum atomic E-state index is 5.51. The highest BCUT2D eigenvalue weighted by molar-refractivity contribution is 5.16. The number of rotatable bonds is 1. The Kier molecular flexibility index (Phi) is 2.60. The summed E-state index contributed by atoms with van der Waals surface area (Å²) < 4.78 is 5.51. The minimum absolute atomic E-state index is 0.409. The number of aromatic nitrogens is 1. The number of hydrogen-bond donors (Lipinski definition) is 0. The Morgan fingerprint density at radius 2 is 2.15 bits per heavy atom. The molecule has 0 spiro atoms. The van der Waals surface area contributed by atoms with E-state index >= 15 is 0 Å². The van der Waals surface area contributed by atoms with E-state index in [1.807, 2.05) is 12.4 Å². The van der Waals surface area contributed by atoms with Crippen LogP contribution in [0.4, 0.5) is 0 Å². The van der Waals surface area contributed by atoms with Crippen molar-refractivity contribution in [3.8, 4) is 0 Å². The smallest absolute Gasteiger partial charge is 0.0552 e. The minimum atomic E-state index is 0.409. The number of hydrogen-bond acceptors (Lipinski definition) is 2. The molecule has 2 heteroatoms. The highest BCUT2D eigenvalue weighted by atomic mass is 16.5. The van der Waals surface area contributed by atoms with Crippen LogP contribution >= 0.6 is 0 Å². The standard InChI is InChI=1S/C11H15NO/c1-9-8-11(4-7-13-9)10-2-5-12-6-3-10/h2-3,5-6,9,11H,4,7-8H2,1H3/t9-,11-/m0/s1. The lowest BCUT2D eigenvalue weighted by atomic mass is 9.90. The Morgan fingerprint density at radius 3 is 2.85 bits per heavy atom. The van der Waals surface area contributed by atoms with Gasteiger partial charge in [0.15, 0.2) is 0 Å². The third-order valence-corrected chi connectivity index (χ3v) is 2.66. The van der Waals surface area contributed by atoms with Gasteiger partial charge in [0.1, 0.15) is 0 Å². The van der Waals surface area contributed by atoms with Crippen LogP contribution < -0.4 is 0 Å². The molecule has 1 aromatic heterocycles. The van der Waals surface area contributed by atoms with Crippen LogP contribution in [0.5, 0.6) is 0 Å². The van der Waals surface area contributed by atoms with Crippen LogP contribution in [-0.2, 0) is 4.74 Å². The lowest BCUT2D eigenvalue weighted by Crippen LogP contribution is -2.21. The van der Waals surface area contributed by atoms with Gasteiger partial charge in [0.05, 0.1) is 6.10 Å². The summed E-state index contributed by atoms with van der Waals surface area (Å²) >= 11 is 0. The molecule has 0 N–H and O–H groups in total. The van der Waals surface area contributed by atoms with Gasteiger partial charge in [0.25, 0.3) is 0 Å². The Balaban J connectivity index is 2.08. The summed E-state index contributed by atoms with van der Waals surface area (Å²) in [5.41, 5.74) is 1.41. The van der Waals surface area contributed by atoms with Gasteiger partial charge in [0.2, 0.25) is 0 Å². The van der Waals surface area contributed by atoms with Gasteiger partial charge in [-0.3, -0.25) is 4.98 Å². The van der Waals surface area contributed by atoms with Crippen molar-refractivity contribution in [2.75, 3.05) is 6.61 Å². The predicted molar refractivity (Wildman–Crippen MR) is 51.6 cm³/mol. The van der Waals surface area contributed by atoms with Gasteiger partial charge in [0, 0.05) is 19.0 Å². The molecule has 2 nitrogen and oxygen atoms in total. The molecule has 1 aromatic rings. The van der Waals surface area contributed by atoms with Crippen molar-refractivity contribution in [3.63, 3.8) is 0 Å².